The molecule has 0 spiro atoms. The van der Waals surface area contributed by atoms with Crippen molar-refractivity contribution in [1.82, 2.24) is 5.32 Å². The van der Waals surface area contributed by atoms with Gasteiger partial charge in [0.05, 0.1) is 5.75 Å². The molecule has 2 N–H and O–H groups in total. The number of carbonyl (C=O) groups excluding carboxylic acids is 1. The Morgan fingerprint density at radius 1 is 1.03 bits per heavy atom. The predicted molar refractivity (Wildman–Crippen MR) is 133 cm³/mol. The van der Waals surface area contributed by atoms with Gasteiger partial charge in [-0.25, -0.2) is 0 Å². The number of anilines is 2. The Balaban J connectivity index is 2.26. The second-order valence-electron chi connectivity index (χ2n) is 7.86. The van der Waals surface area contributed by atoms with Gasteiger partial charge in [-0.05, 0) is 67.3 Å². The van der Waals surface area contributed by atoms with Crippen LogP contribution in [0.15, 0.2) is 42.5 Å². The highest BCUT2D eigenvalue weighted by atomic mass is 32.2. The molecule has 4 nitrogen and oxygen atoms in total. The molecule has 0 bridgehead atoms. The molecule has 0 aliphatic heterocycles. The van der Waals surface area contributed by atoms with Crippen LogP contribution in [0.5, 0.6) is 0 Å². The fourth-order valence-corrected chi connectivity index (χ4v) is 3.46. The number of benzene rings is 2. The number of nitrogens with zero attached hydrogens (tertiary/aromatic N) is 1. The summed E-state index contributed by atoms with van der Waals surface area (Å²) in [4.78, 5) is 14.2. The van der Waals surface area contributed by atoms with Crippen molar-refractivity contribution in [2.75, 3.05) is 49.1 Å². The van der Waals surface area contributed by atoms with E-state index in [1.54, 1.807) is 0 Å². The predicted octanol–water partition coefficient (Wildman–Crippen LogP) is 4.95. The summed E-state index contributed by atoms with van der Waals surface area (Å²) >= 11 is 3.38. The van der Waals surface area contributed by atoms with Gasteiger partial charge in [0, 0.05) is 43.3 Å². The number of amides is 1. The van der Waals surface area contributed by atoms with Crippen LogP contribution in [-0.4, -0.2) is 49.6 Å². The zero-order valence-electron chi connectivity index (χ0n) is 18.3. The van der Waals surface area contributed by atoms with Crippen LogP contribution in [-0.2, 0) is 11.3 Å². The molecular weight excluding hydrogens is 398 g/mol. The molecule has 0 saturated heterocycles. The lowest BCUT2D eigenvalue weighted by Crippen LogP contribution is -2.31. The summed E-state index contributed by atoms with van der Waals surface area (Å²) in [5, 5.41) is 6.62. The number of hydrogen-bond acceptors (Lipinski definition) is 5. The van der Waals surface area contributed by atoms with Gasteiger partial charge in [-0.2, -0.15) is 23.5 Å². The monoisotopic (exact) mass is 431 g/mol. The molecule has 0 heterocycles. The maximum atomic E-state index is 12.1. The Kier molecular flexibility index (Phi) is 8.93. The number of rotatable bonds is 10. The van der Waals surface area contributed by atoms with Crippen LogP contribution in [0.4, 0.5) is 11.4 Å². The molecule has 0 aliphatic carbocycles. The second kappa shape index (κ2) is 11.0. The zero-order chi connectivity index (χ0) is 21.4. The van der Waals surface area contributed by atoms with Crippen LogP contribution < -0.4 is 15.5 Å². The van der Waals surface area contributed by atoms with Crippen LogP contribution in [0.3, 0.4) is 0 Å². The first-order valence-corrected chi connectivity index (χ1v) is 12.3. The van der Waals surface area contributed by atoms with Gasteiger partial charge in [0.25, 0.3) is 0 Å². The molecule has 2 rings (SSSR count). The minimum absolute atomic E-state index is 0.0336. The Hall–Kier alpha value is -1.63. The highest BCUT2D eigenvalue weighted by molar-refractivity contribution is 8.00. The molecular formula is C23H33N3OS2. The Bertz CT molecular complexity index is 804. The minimum atomic E-state index is 0.0336. The molecule has 6 heteroatoms. The number of nitrogens with one attached hydrogen (secondary N) is 2. The Morgan fingerprint density at radius 2 is 1.69 bits per heavy atom. The molecule has 0 aromatic heterocycles. The van der Waals surface area contributed by atoms with Gasteiger partial charge in [0.1, 0.15) is 0 Å². The summed E-state index contributed by atoms with van der Waals surface area (Å²) in [6, 6.07) is 14.8. The first-order valence-electron chi connectivity index (χ1n) is 9.71. The first kappa shape index (κ1) is 23.6. The van der Waals surface area contributed by atoms with E-state index in [-0.39, 0.29) is 10.7 Å². The summed E-state index contributed by atoms with van der Waals surface area (Å²) in [6.45, 7) is 6.07. The maximum Gasteiger partial charge on any atom is 0.234 e. The van der Waals surface area contributed by atoms with Gasteiger partial charge in [-0.15, -0.1) is 0 Å². The van der Waals surface area contributed by atoms with Gasteiger partial charge in [-0.1, -0.05) is 18.2 Å². The number of thioether (sulfide) groups is 2. The van der Waals surface area contributed by atoms with Crippen LogP contribution in [0.2, 0.25) is 0 Å². The largest absolute Gasteiger partial charge is 0.378 e. The average molecular weight is 432 g/mol. The molecule has 158 valence electrons. The van der Waals surface area contributed by atoms with E-state index in [2.05, 4.69) is 72.0 Å². The van der Waals surface area contributed by atoms with E-state index in [0.29, 0.717) is 12.3 Å². The van der Waals surface area contributed by atoms with E-state index in [0.717, 1.165) is 23.4 Å². The van der Waals surface area contributed by atoms with Gasteiger partial charge in [0.2, 0.25) is 5.91 Å². The minimum Gasteiger partial charge on any atom is -0.378 e. The molecule has 0 fully saturated rings. The van der Waals surface area contributed by atoms with Gasteiger partial charge >= 0.3 is 0 Å². The molecule has 0 saturated carbocycles. The van der Waals surface area contributed by atoms with Crippen LogP contribution in [0, 0.1) is 0 Å². The molecule has 0 radical (unpaired) electrons. The third-order valence-corrected chi connectivity index (χ3v) is 6.59. The van der Waals surface area contributed by atoms with Crippen molar-refractivity contribution in [3.8, 4) is 11.1 Å². The van der Waals surface area contributed by atoms with Crippen molar-refractivity contribution in [1.29, 1.82) is 0 Å². The molecule has 2 aromatic rings. The first-order chi connectivity index (χ1) is 13.8. The normalized spacial score (nSPS) is 11.4. The van der Waals surface area contributed by atoms with E-state index in [1.807, 2.05) is 38.2 Å². The van der Waals surface area contributed by atoms with Crippen molar-refractivity contribution >= 4 is 40.8 Å². The molecule has 29 heavy (non-hydrogen) atoms. The van der Waals surface area contributed by atoms with Crippen molar-refractivity contribution < 1.29 is 4.79 Å². The quantitative estimate of drug-likeness (QED) is 0.557. The molecule has 0 atom stereocenters. The zero-order valence-corrected chi connectivity index (χ0v) is 20.0. The van der Waals surface area contributed by atoms with Crippen LogP contribution >= 0.6 is 23.5 Å². The summed E-state index contributed by atoms with van der Waals surface area (Å²) < 4.78 is 0.169. The van der Waals surface area contributed by atoms with Crippen molar-refractivity contribution in [3.05, 3.63) is 48.0 Å². The standard InChI is InChI=1S/C23H33N3OS2/c1-23(2,29-6)16-24-14-19-13-18(9-12-21(19)25-22(27)15-28-5)17-7-10-20(11-8-17)26(3)4/h7-13,24H,14-16H2,1-6H3,(H,25,27). The summed E-state index contributed by atoms with van der Waals surface area (Å²) in [7, 11) is 4.09. The maximum absolute atomic E-state index is 12.1. The highest BCUT2D eigenvalue weighted by Gasteiger charge is 2.16. The number of carbonyl (C=O) groups is 1. The lowest BCUT2D eigenvalue weighted by Gasteiger charge is -2.23. The molecule has 1 amide bonds. The summed E-state index contributed by atoms with van der Waals surface area (Å²) in [5.74, 6) is 0.492. The second-order valence-corrected chi connectivity index (χ2v) is 10.2. The summed E-state index contributed by atoms with van der Waals surface area (Å²) in [6.07, 6.45) is 4.07. The molecule has 2 aromatic carbocycles. The van der Waals surface area contributed by atoms with E-state index in [4.69, 9.17) is 0 Å². The fraction of sp³-hybridized carbons (Fsp3) is 0.435. The highest BCUT2D eigenvalue weighted by Crippen LogP contribution is 2.28. The van der Waals surface area contributed by atoms with Gasteiger partial charge < -0.3 is 15.5 Å². The lowest BCUT2D eigenvalue weighted by molar-refractivity contribution is -0.113. The van der Waals surface area contributed by atoms with Gasteiger partial charge in [0.15, 0.2) is 0 Å². The lowest BCUT2D eigenvalue weighted by atomic mass is 10.0. The van der Waals surface area contributed by atoms with Crippen molar-refractivity contribution in [3.63, 3.8) is 0 Å². The third-order valence-electron chi connectivity index (χ3n) is 4.79. The SMILES string of the molecule is CSCC(=O)Nc1ccc(-c2ccc(N(C)C)cc2)cc1CNCC(C)(C)SC. The number of hydrogen-bond donors (Lipinski definition) is 2. The topological polar surface area (TPSA) is 44.4 Å². The Labute approximate surface area is 184 Å². The average Bonchev–Trinajstić information content (AvgIpc) is 2.69. The van der Waals surface area contributed by atoms with Gasteiger partial charge in [-0.3, -0.25) is 4.79 Å². The van der Waals surface area contributed by atoms with Crippen LogP contribution in [0.1, 0.15) is 19.4 Å². The smallest absolute Gasteiger partial charge is 0.234 e. The molecule has 0 aliphatic rings. The van der Waals surface area contributed by atoms with Crippen molar-refractivity contribution in [2.24, 2.45) is 0 Å². The van der Waals surface area contributed by atoms with E-state index < -0.39 is 0 Å². The molecule has 0 unspecified atom stereocenters. The fourth-order valence-electron chi connectivity index (χ4n) is 2.88. The van der Waals surface area contributed by atoms with E-state index in [1.165, 1.54) is 23.0 Å². The van der Waals surface area contributed by atoms with Crippen LogP contribution in [0.25, 0.3) is 11.1 Å². The Morgan fingerprint density at radius 3 is 2.28 bits per heavy atom. The summed E-state index contributed by atoms with van der Waals surface area (Å²) in [5.41, 5.74) is 5.48. The third kappa shape index (κ3) is 7.28. The van der Waals surface area contributed by atoms with Crippen molar-refractivity contribution in [2.45, 2.75) is 25.1 Å². The van der Waals surface area contributed by atoms with E-state index in [9.17, 15) is 4.79 Å². The van der Waals surface area contributed by atoms with E-state index >= 15 is 0 Å².